The Bertz CT molecular complexity index is 669. The molecular weight excluding hydrogens is 420 g/mol. The smallest absolute Gasteiger partial charge is 0.0804 e. The third kappa shape index (κ3) is 4.21. The minimum absolute atomic E-state index is 0.0270. The third-order valence-electron chi connectivity index (χ3n) is 11.4. The molecule has 0 saturated heterocycles. The second-order valence-electron chi connectivity index (χ2n) is 12.8. The zero-order chi connectivity index (χ0) is 24.1. The average Bonchev–Trinajstić information content (AvgIpc) is 3.13. The minimum atomic E-state index is -0.717. The summed E-state index contributed by atoms with van der Waals surface area (Å²) < 4.78 is 0. The summed E-state index contributed by atoms with van der Waals surface area (Å²) in [5, 5.41) is 62.5. The van der Waals surface area contributed by atoms with Crippen molar-refractivity contribution in [3.05, 3.63) is 0 Å². The maximum Gasteiger partial charge on any atom is 0.0804 e. The second-order valence-corrected chi connectivity index (χ2v) is 12.8. The lowest BCUT2D eigenvalue weighted by molar-refractivity contribution is -0.219. The van der Waals surface area contributed by atoms with Crippen LogP contribution in [0.4, 0.5) is 0 Å². The maximum atomic E-state index is 11.6. The molecule has 0 aliphatic heterocycles. The van der Waals surface area contributed by atoms with Crippen molar-refractivity contribution in [2.45, 2.75) is 103 Å². The summed E-state index contributed by atoms with van der Waals surface area (Å²) in [5.74, 6) is 1.58. The largest absolute Gasteiger partial charge is 0.396 e. The van der Waals surface area contributed by atoms with Crippen molar-refractivity contribution in [1.82, 2.24) is 0 Å². The molecule has 12 unspecified atom stereocenters. The van der Waals surface area contributed by atoms with Gasteiger partial charge in [-0.2, -0.15) is 0 Å². The molecule has 0 bridgehead atoms. The molecule has 0 radical (unpaired) electrons. The van der Waals surface area contributed by atoms with E-state index in [-0.39, 0.29) is 53.6 Å². The Kier molecular flexibility index (Phi) is 7.57. The molecule has 0 aromatic rings. The summed E-state index contributed by atoms with van der Waals surface area (Å²) in [6, 6.07) is 0. The van der Waals surface area contributed by atoms with E-state index in [0.717, 1.165) is 32.1 Å². The lowest BCUT2D eigenvalue weighted by Crippen LogP contribution is -2.63. The van der Waals surface area contributed by atoms with Gasteiger partial charge in [-0.25, -0.2) is 0 Å². The van der Waals surface area contributed by atoms with E-state index in [2.05, 4.69) is 20.8 Å². The van der Waals surface area contributed by atoms with Gasteiger partial charge in [0.1, 0.15) is 0 Å². The van der Waals surface area contributed by atoms with Crippen LogP contribution >= 0.6 is 0 Å². The molecule has 0 aromatic carbocycles. The van der Waals surface area contributed by atoms with Crippen molar-refractivity contribution in [3.63, 3.8) is 0 Å². The van der Waals surface area contributed by atoms with Crippen LogP contribution < -0.4 is 0 Å². The summed E-state index contributed by atoms with van der Waals surface area (Å²) in [5.41, 5.74) is -0.372. The summed E-state index contributed by atoms with van der Waals surface area (Å²) in [7, 11) is 0. The monoisotopic (exact) mass is 468 g/mol. The summed E-state index contributed by atoms with van der Waals surface area (Å²) in [6.45, 7) is 6.84. The van der Waals surface area contributed by atoms with E-state index in [1.807, 2.05) is 0 Å². The first-order valence-corrected chi connectivity index (χ1v) is 13.5. The molecule has 4 saturated carbocycles. The van der Waals surface area contributed by atoms with E-state index in [1.165, 1.54) is 0 Å². The van der Waals surface area contributed by atoms with Crippen LogP contribution in [0.5, 0.6) is 0 Å². The molecule has 4 fully saturated rings. The highest BCUT2D eigenvalue weighted by Gasteiger charge is 2.66. The van der Waals surface area contributed by atoms with Crippen LogP contribution in [0.1, 0.15) is 78.6 Å². The highest BCUT2D eigenvalue weighted by molar-refractivity contribution is 5.15. The van der Waals surface area contributed by atoms with Crippen molar-refractivity contribution >= 4 is 0 Å². The lowest BCUT2D eigenvalue weighted by Gasteiger charge is -2.64. The fraction of sp³-hybridized carbons (Fsp3) is 1.00. The average molecular weight is 469 g/mol. The molecule has 0 spiro atoms. The lowest BCUT2D eigenvalue weighted by atomic mass is 9.43. The molecule has 4 rings (SSSR count). The quantitative estimate of drug-likeness (QED) is 0.341. The zero-order valence-electron chi connectivity index (χ0n) is 20.8. The topological polar surface area (TPSA) is 121 Å². The molecule has 12 atom stereocenters. The van der Waals surface area contributed by atoms with E-state index >= 15 is 0 Å². The zero-order valence-corrected chi connectivity index (χ0v) is 20.8. The van der Waals surface area contributed by atoms with Crippen LogP contribution in [0.2, 0.25) is 0 Å². The van der Waals surface area contributed by atoms with Crippen molar-refractivity contribution < 1.29 is 30.6 Å². The highest BCUT2D eigenvalue weighted by Crippen LogP contribution is 2.68. The van der Waals surface area contributed by atoms with Crippen molar-refractivity contribution in [3.8, 4) is 0 Å². The van der Waals surface area contributed by atoms with Crippen molar-refractivity contribution in [1.29, 1.82) is 0 Å². The molecule has 0 amide bonds. The van der Waals surface area contributed by atoms with E-state index in [0.29, 0.717) is 37.5 Å². The van der Waals surface area contributed by atoms with Crippen LogP contribution in [0.15, 0.2) is 0 Å². The van der Waals surface area contributed by atoms with Gasteiger partial charge in [-0.3, -0.25) is 0 Å². The van der Waals surface area contributed by atoms with Gasteiger partial charge < -0.3 is 30.6 Å². The molecule has 192 valence electrons. The van der Waals surface area contributed by atoms with Gasteiger partial charge in [0.15, 0.2) is 0 Å². The highest BCUT2D eigenvalue weighted by atomic mass is 16.3. The first-order valence-electron chi connectivity index (χ1n) is 13.5. The molecule has 4 aliphatic carbocycles. The predicted molar refractivity (Wildman–Crippen MR) is 126 cm³/mol. The number of hydrogen-bond acceptors (Lipinski definition) is 6. The molecular formula is C27H48O6. The van der Waals surface area contributed by atoms with E-state index in [4.69, 9.17) is 0 Å². The molecule has 6 heteroatoms. The van der Waals surface area contributed by atoms with Crippen LogP contribution in [0.3, 0.4) is 0 Å². The number of fused-ring (bicyclic) bond motifs is 5. The fourth-order valence-electron chi connectivity index (χ4n) is 9.34. The maximum absolute atomic E-state index is 11.6. The molecule has 33 heavy (non-hydrogen) atoms. The fourth-order valence-corrected chi connectivity index (χ4v) is 9.34. The molecule has 6 nitrogen and oxygen atoms in total. The molecule has 6 N–H and O–H groups in total. The van der Waals surface area contributed by atoms with Gasteiger partial charge in [-0.05, 0) is 91.3 Å². The van der Waals surface area contributed by atoms with Gasteiger partial charge in [0.05, 0.1) is 24.4 Å². The van der Waals surface area contributed by atoms with E-state index < -0.39 is 24.4 Å². The standard InChI is InChI=1S/C27H48O6/c1-15(5-4-6-16(13-28)14-29)18-7-8-19-25-20(11-24(33)27(18,19)3)26(2)12-23(32)21(30)9-17(26)10-22(25)31/h15-25,28-33H,4-14H2,1-3H3. The number of rotatable bonds is 7. The Morgan fingerprint density at radius 2 is 1.48 bits per heavy atom. The van der Waals surface area contributed by atoms with Crippen LogP contribution in [-0.4, -0.2) is 68.3 Å². The van der Waals surface area contributed by atoms with Gasteiger partial charge in [0.2, 0.25) is 0 Å². The van der Waals surface area contributed by atoms with Crippen LogP contribution in [-0.2, 0) is 0 Å². The Balaban J connectivity index is 1.52. The Hall–Kier alpha value is -0.240. The predicted octanol–water partition coefficient (Wildman–Crippen LogP) is 2.33. The van der Waals surface area contributed by atoms with Gasteiger partial charge in [0.25, 0.3) is 0 Å². The SMILES string of the molecule is CC(CCCC(CO)CO)C1CCC2C3C(O)CC4CC(O)C(O)CC4(C)C3CC(O)C12C. The minimum Gasteiger partial charge on any atom is -0.396 e. The van der Waals surface area contributed by atoms with Gasteiger partial charge >= 0.3 is 0 Å². The van der Waals surface area contributed by atoms with Gasteiger partial charge in [0, 0.05) is 19.1 Å². The Morgan fingerprint density at radius 1 is 0.818 bits per heavy atom. The van der Waals surface area contributed by atoms with E-state index in [1.54, 1.807) is 0 Å². The third-order valence-corrected chi connectivity index (χ3v) is 11.4. The molecule has 0 heterocycles. The summed E-state index contributed by atoms with van der Waals surface area (Å²) in [6.07, 6.45) is 5.11. The Morgan fingerprint density at radius 3 is 2.15 bits per heavy atom. The van der Waals surface area contributed by atoms with Crippen LogP contribution in [0, 0.1) is 52.3 Å². The summed E-state index contributed by atoms with van der Waals surface area (Å²) >= 11 is 0. The molecule has 0 aromatic heterocycles. The number of aliphatic hydroxyl groups is 6. The van der Waals surface area contributed by atoms with Gasteiger partial charge in [-0.1, -0.05) is 33.6 Å². The van der Waals surface area contributed by atoms with Crippen LogP contribution in [0.25, 0.3) is 0 Å². The second kappa shape index (κ2) is 9.67. The van der Waals surface area contributed by atoms with Gasteiger partial charge in [-0.15, -0.1) is 0 Å². The van der Waals surface area contributed by atoms with Crippen molar-refractivity contribution in [2.24, 2.45) is 52.3 Å². The first-order chi connectivity index (χ1) is 15.6. The first kappa shape index (κ1) is 25.8. The normalized spacial score (nSPS) is 50.5. The molecule has 4 aliphatic rings. The number of aliphatic hydroxyl groups excluding tert-OH is 6. The number of hydrogen-bond donors (Lipinski definition) is 6. The summed E-state index contributed by atoms with van der Waals surface area (Å²) in [4.78, 5) is 0. The Labute approximate surface area is 199 Å². The van der Waals surface area contributed by atoms with E-state index in [9.17, 15) is 30.6 Å². The van der Waals surface area contributed by atoms with Crippen molar-refractivity contribution in [2.75, 3.05) is 13.2 Å².